The zero-order chi connectivity index (χ0) is 15.2. The number of nitrogens with one attached hydrogen (secondary N) is 1. The van der Waals surface area contributed by atoms with E-state index in [-0.39, 0.29) is 0 Å². The summed E-state index contributed by atoms with van der Waals surface area (Å²) in [4.78, 5) is 0. The van der Waals surface area contributed by atoms with Crippen LogP contribution in [0.25, 0.3) is 0 Å². The molecular formula is C17H26ClNO2. The first-order valence-electron chi connectivity index (χ1n) is 7.86. The van der Waals surface area contributed by atoms with Gasteiger partial charge in [-0.3, -0.25) is 0 Å². The SMILES string of the molecule is CCNC(CC1CC(OCC)C1)c1ccc(OC)c(Cl)c1. The molecule has 1 aromatic carbocycles. The predicted octanol–water partition coefficient (Wildman–Crippen LogP) is 4.20. The van der Waals surface area contributed by atoms with Crippen molar-refractivity contribution in [1.82, 2.24) is 5.32 Å². The molecule has 1 aliphatic carbocycles. The molecule has 1 N–H and O–H groups in total. The van der Waals surface area contributed by atoms with Gasteiger partial charge >= 0.3 is 0 Å². The van der Waals surface area contributed by atoms with Gasteiger partial charge in [0.05, 0.1) is 18.2 Å². The first-order chi connectivity index (χ1) is 10.2. The van der Waals surface area contributed by atoms with E-state index in [0.717, 1.165) is 31.2 Å². The molecule has 1 fully saturated rings. The van der Waals surface area contributed by atoms with Crippen LogP contribution < -0.4 is 10.1 Å². The molecule has 0 amide bonds. The standard InChI is InChI=1S/C17H26ClNO2/c1-4-19-16(10-12-8-14(9-12)21-5-2)13-6-7-17(20-3)15(18)11-13/h6-7,11-12,14,16,19H,4-5,8-10H2,1-3H3. The second kappa shape index (κ2) is 8.02. The minimum atomic E-state index is 0.353. The molecule has 0 bridgehead atoms. The van der Waals surface area contributed by atoms with Gasteiger partial charge in [-0.2, -0.15) is 0 Å². The molecule has 3 nitrogen and oxygen atoms in total. The Hall–Kier alpha value is -0.770. The minimum Gasteiger partial charge on any atom is -0.495 e. The van der Waals surface area contributed by atoms with E-state index < -0.39 is 0 Å². The van der Waals surface area contributed by atoms with Crippen LogP contribution in [0.3, 0.4) is 0 Å². The van der Waals surface area contributed by atoms with Gasteiger partial charge < -0.3 is 14.8 Å². The third-order valence-electron chi connectivity index (χ3n) is 4.19. The van der Waals surface area contributed by atoms with Crippen molar-refractivity contribution in [3.8, 4) is 5.75 Å². The largest absolute Gasteiger partial charge is 0.495 e. The number of methoxy groups -OCH3 is 1. The number of hydrogen-bond acceptors (Lipinski definition) is 3. The zero-order valence-electron chi connectivity index (χ0n) is 13.2. The Morgan fingerprint density at radius 1 is 1.33 bits per heavy atom. The summed E-state index contributed by atoms with van der Waals surface area (Å²) in [5, 5.41) is 4.25. The Morgan fingerprint density at radius 2 is 2.10 bits per heavy atom. The van der Waals surface area contributed by atoms with Gasteiger partial charge in [0.25, 0.3) is 0 Å². The average molecular weight is 312 g/mol. The molecule has 1 atom stereocenters. The van der Waals surface area contributed by atoms with Crippen LogP contribution in [0.5, 0.6) is 5.75 Å². The van der Waals surface area contributed by atoms with Crippen molar-refractivity contribution < 1.29 is 9.47 Å². The second-order valence-electron chi connectivity index (χ2n) is 5.65. The smallest absolute Gasteiger partial charge is 0.137 e. The van der Waals surface area contributed by atoms with Crippen LogP contribution in [0.4, 0.5) is 0 Å². The van der Waals surface area contributed by atoms with Crippen molar-refractivity contribution in [2.45, 2.75) is 45.3 Å². The summed E-state index contributed by atoms with van der Waals surface area (Å²) in [7, 11) is 1.64. The predicted molar refractivity (Wildman–Crippen MR) is 87.2 cm³/mol. The highest BCUT2D eigenvalue weighted by Gasteiger charge is 2.31. The molecule has 1 aliphatic rings. The summed E-state index contributed by atoms with van der Waals surface area (Å²) >= 11 is 6.25. The molecule has 0 radical (unpaired) electrons. The molecule has 0 spiro atoms. The Morgan fingerprint density at radius 3 is 2.67 bits per heavy atom. The van der Waals surface area contributed by atoms with Gasteiger partial charge in [-0.05, 0) is 56.3 Å². The fourth-order valence-electron chi connectivity index (χ4n) is 3.06. The van der Waals surface area contributed by atoms with Crippen molar-refractivity contribution in [2.75, 3.05) is 20.3 Å². The van der Waals surface area contributed by atoms with Gasteiger partial charge in [0.1, 0.15) is 5.75 Å². The van der Waals surface area contributed by atoms with Crippen molar-refractivity contribution in [3.63, 3.8) is 0 Å². The van der Waals surface area contributed by atoms with E-state index >= 15 is 0 Å². The Kier molecular flexibility index (Phi) is 6.34. The molecule has 0 heterocycles. The van der Waals surface area contributed by atoms with Gasteiger partial charge in [-0.25, -0.2) is 0 Å². The summed E-state index contributed by atoms with van der Waals surface area (Å²) in [6, 6.07) is 6.43. The molecule has 0 aliphatic heterocycles. The summed E-state index contributed by atoms with van der Waals surface area (Å²) < 4.78 is 10.9. The monoisotopic (exact) mass is 311 g/mol. The molecule has 0 aromatic heterocycles. The maximum Gasteiger partial charge on any atom is 0.137 e. The van der Waals surface area contributed by atoms with Crippen LogP contribution >= 0.6 is 11.6 Å². The Labute approximate surface area is 133 Å². The topological polar surface area (TPSA) is 30.5 Å². The van der Waals surface area contributed by atoms with Crippen LogP contribution in [0.1, 0.15) is 44.7 Å². The third kappa shape index (κ3) is 4.35. The minimum absolute atomic E-state index is 0.353. The molecule has 21 heavy (non-hydrogen) atoms. The molecule has 118 valence electrons. The molecule has 1 aromatic rings. The van der Waals surface area contributed by atoms with Crippen molar-refractivity contribution in [1.29, 1.82) is 0 Å². The van der Waals surface area contributed by atoms with Crippen LogP contribution in [-0.2, 0) is 4.74 Å². The third-order valence-corrected chi connectivity index (χ3v) is 4.49. The van der Waals surface area contributed by atoms with E-state index in [2.05, 4.69) is 25.2 Å². The molecular weight excluding hydrogens is 286 g/mol. The molecule has 2 rings (SSSR count). The first-order valence-corrected chi connectivity index (χ1v) is 8.24. The number of benzene rings is 1. The van der Waals surface area contributed by atoms with E-state index in [4.69, 9.17) is 21.1 Å². The lowest BCUT2D eigenvalue weighted by Crippen LogP contribution is -2.34. The molecule has 4 heteroatoms. The summed E-state index contributed by atoms with van der Waals surface area (Å²) in [6.45, 7) is 5.98. The number of halogens is 1. The van der Waals surface area contributed by atoms with Crippen molar-refractivity contribution in [3.05, 3.63) is 28.8 Å². The summed E-state index contributed by atoms with van der Waals surface area (Å²) in [5.41, 5.74) is 1.24. The van der Waals surface area contributed by atoms with E-state index in [1.807, 2.05) is 12.1 Å². The van der Waals surface area contributed by atoms with Gasteiger partial charge in [-0.1, -0.05) is 24.6 Å². The van der Waals surface area contributed by atoms with E-state index in [9.17, 15) is 0 Å². The second-order valence-corrected chi connectivity index (χ2v) is 6.06. The Bertz CT molecular complexity index is 446. The lowest BCUT2D eigenvalue weighted by atomic mass is 9.77. The maximum absolute atomic E-state index is 6.25. The highest BCUT2D eigenvalue weighted by atomic mass is 35.5. The van der Waals surface area contributed by atoms with Crippen LogP contribution in [0.15, 0.2) is 18.2 Å². The van der Waals surface area contributed by atoms with E-state index in [1.54, 1.807) is 7.11 Å². The lowest BCUT2D eigenvalue weighted by Gasteiger charge is -2.37. The van der Waals surface area contributed by atoms with E-state index in [1.165, 1.54) is 18.4 Å². The van der Waals surface area contributed by atoms with Gasteiger partial charge in [0.2, 0.25) is 0 Å². The quantitative estimate of drug-likeness (QED) is 0.780. The fourth-order valence-corrected chi connectivity index (χ4v) is 3.32. The number of hydrogen-bond donors (Lipinski definition) is 1. The van der Waals surface area contributed by atoms with Crippen molar-refractivity contribution in [2.24, 2.45) is 5.92 Å². The highest BCUT2D eigenvalue weighted by Crippen LogP contribution is 2.38. The zero-order valence-corrected chi connectivity index (χ0v) is 14.0. The number of ether oxygens (including phenoxy) is 2. The Balaban J connectivity index is 1.97. The fraction of sp³-hybridized carbons (Fsp3) is 0.647. The first kappa shape index (κ1) is 16.6. The molecule has 1 saturated carbocycles. The van der Waals surface area contributed by atoms with Crippen LogP contribution in [-0.4, -0.2) is 26.4 Å². The maximum atomic E-state index is 6.25. The average Bonchev–Trinajstić information content (AvgIpc) is 2.44. The van der Waals surface area contributed by atoms with Gasteiger partial charge in [0.15, 0.2) is 0 Å². The van der Waals surface area contributed by atoms with Gasteiger partial charge in [-0.15, -0.1) is 0 Å². The number of rotatable bonds is 8. The van der Waals surface area contributed by atoms with Crippen LogP contribution in [0, 0.1) is 5.92 Å². The van der Waals surface area contributed by atoms with Gasteiger partial charge in [0, 0.05) is 12.6 Å². The lowest BCUT2D eigenvalue weighted by molar-refractivity contribution is -0.0291. The molecule has 0 saturated heterocycles. The normalized spacial score (nSPS) is 22.7. The van der Waals surface area contributed by atoms with Crippen LogP contribution in [0.2, 0.25) is 5.02 Å². The summed E-state index contributed by atoms with van der Waals surface area (Å²) in [6.07, 6.45) is 3.97. The van der Waals surface area contributed by atoms with Crippen molar-refractivity contribution >= 4 is 11.6 Å². The summed E-state index contributed by atoms with van der Waals surface area (Å²) in [5.74, 6) is 1.47. The van der Waals surface area contributed by atoms with E-state index in [0.29, 0.717) is 17.2 Å². The molecule has 1 unspecified atom stereocenters. The highest BCUT2D eigenvalue weighted by molar-refractivity contribution is 6.32.